The van der Waals surface area contributed by atoms with Gasteiger partial charge in [-0.05, 0) is 20.8 Å². The Hall–Kier alpha value is -1.89. The molecule has 1 saturated heterocycles. The van der Waals surface area contributed by atoms with Gasteiger partial charge in [-0.3, -0.25) is 4.98 Å². The molecule has 1 atom stereocenters. The van der Waals surface area contributed by atoms with Crippen LogP contribution in [0.2, 0.25) is 0 Å². The van der Waals surface area contributed by atoms with E-state index in [0.29, 0.717) is 31.2 Å². The van der Waals surface area contributed by atoms with Crippen LogP contribution in [0.1, 0.15) is 32.6 Å². The molecular weight excluding hydrogens is 260 g/mol. The number of anilines is 1. The van der Waals surface area contributed by atoms with Crippen LogP contribution < -0.4 is 5.73 Å². The number of ether oxygens (including phenoxy) is 2. The van der Waals surface area contributed by atoms with E-state index in [9.17, 15) is 4.79 Å². The summed E-state index contributed by atoms with van der Waals surface area (Å²) in [7, 11) is 0. The number of aromatic nitrogens is 2. The molecule has 20 heavy (non-hydrogen) atoms. The van der Waals surface area contributed by atoms with E-state index >= 15 is 0 Å². The Bertz CT molecular complexity index is 469. The molecule has 1 unspecified atom stereocenters. The molecule has 2 N–H and O–H groups in total. The number of rotatable bonds is 1. The molecule has 1 fully saturated rings. The average molecular weight is 280 g/mol. The van der Waals surface area contributed by atoms with Crippen molar-refractivity contribution in [3.63, 3.8) is 0 Å². The van der Waals surface area contributed by atoms with Gasteiger partial charge in [-0.25, -0.2) is 9.78 Å². The van der Waals surface area contributed by atoms with E-state index in [1.165, 1.54) is 6.20 Å². The van der Waals surface area contributed by atoms with Gasteiger partial charge in [0.25, 0.3) is 0 Å². The molecule has 7 nitrogen and oxygen atoms in total. The number of carbonyl (C=O) groups is 1. The third kappa shape index (κ3) is 3.80. The van der Waals surface area contributed by atoms with Crippen LogP contribution in [0.4, 0.5) is 10.6 Å². The van der Waals surface area contributed by atoms with Crippen LogP contribution in [0.15, 0.2) is 12.4 Å². The van der Waals surface area contributed by atoms with Crippen molar-refractivity contribution >= 4 is 11.9 Å². The van der Waals surface area contributed by atoms with Crippen LogP contribution in [0, 0.1) is 0 Å². The van der Waals surface area contributed by atoms with Gasteiger partial charge in [0.05, 0.1) is 31.2 Å². The summed E-state index contributed by atoms with van der Waals surface area (Å²) in [5, 5.41) is 0. The maximum absolute atomic E-state index is 12.0. The number of hydrogen-bond donors (Lipinski definition) is 1. The second-order valence-corrected chi connectivity index (χ2v) is 5.65. The van der Waals surface area contributed by atoms with E-state index in [0.717, 1.165) is 0 Å². The van der Waals surface area contributed by atoms with Crippen molar-refractivity contribution in [1.82, 2.24) is 14.9 Å². The number of amides is 1. The highest BCUT2D eigenvalue weighted by Gasteiger charge is 2.29. The lowest BCUT2D eigenvalue weighted by Gasteiger charge is -2.33. The largest absolute Gasteiger partial charge is 0.444 e. The second kappa shape index (κ2) is 5.62. The lowest BCUT2D eigenvalue weighted by atomic mass is 10.2. The zero-order valence-corrected chi connectivity index (χ0v) is 12.0. The van der Waals surface area contributed by atoms with Gasteiger partial charge in [0.15, 0.2) is 0 Å². The molecular formula is C13H20N4O3. The quantitative estimate of drug-likeness (QED) is 0.835. The van der Waals surface area contributed by atoms with Crippen molar-refractivity contribution in [2.75, 3.05) is 25.4 Å². The smallest absolute Gasteiger partial charge is 0.410 e. The summed E-state index contributed by atoms with van der Waals surface area (Å²) in [4.78, 5) is 21.8. The van der Waals surface area contributed by atoms with Crippen LogP contribution in [-0.2, 0) is 9.47 Å². The summed E-state index contributed by atoms with van der Waals surface area (Å²) in [6, 6.07) is 0. The van der Waals surface area contributed by atoms with E-state index in [2.05, 4.69) is 9.97 Å². The first-order valence-electron chi connectivity index (χ1n) is 6.52. The van der Waals surface area contributed by atoms with Gasteiger partial charge >= 0.3 is 6.09 Å². The van der Waals surface area contributed by atoms with Gasteiger partial charge in [0, 0.05) is 6.54 Å². The maximum Gasteiger partial charge on any atom is 0.410 e. The molecule has 1 aromatic heterocycles. The number of nitrogen functional groups attached to an aromatic ring is 1. The van der Waals surface area contributed by atoms with Crippen LogP contribution >= 0.6 is 0 Å². The summed E-state index contributed by atoms with van der Waals surface area (Å²) in [6.07, 6.45) is 2.41. The zero-order chi connectivity index (χ0) is 14.8. The molecule has 0 saturated carbocycles. The molecule has 0 spiro atoms. The molecule has 0 aliphatic carbocycles. The summed E-state index contributed by atoms with van der Waals surface area (Å²) >= 11 is 0. The number of nitrogens with zero attached hydrogens (tertiary/aromatic N) is 3. The van der Waals surface area contributed by atoms with Crippen LogP contribution in [0.25, 0.3) is 0 Å². The van der Waals surface area contributed by atoms with Gasteiger partial charge in [-0.2, -0.15) is 0 Å². The molecule has 7 heteroatoms. The molecule has 0 radical (unpaired) electrons. The molecule has 1 aromatic rings. The SMILES string of the molecule is CC(C)(C)OC(=O)N1CCOC(c2cnc(N)cn2)C1. The minimum absolute atomic E-state index is 0.302. The van der Waals surface area contributed by atoms with Crippen molar-refractivity contribution < 1.29 is 14.3 Å². The molecule has 110 valence electrons. The summed E-state index contributed by atoms with van der Waals surface area (Å²) < 4.78 is 11.0. The average Bonchev–Trinajstić information content (AvgIpc) is 2.38. The van der Waals surface area contributed by atoms with E-state index in [1.807, 2.05) is 20.8 Å². The normalized spacial score (nSPS) is 19.8. The topological polar surface area (TPSA) is 90.6 Å². The summed E-state index contributed by atoms with van der Waals surface area (Å²) in [6.45, 7) is 6.87. The van der Waals surface area contributed by atoms with Gasteiger partial charge in [-0.1, -0.05) is 0 Å². The fourth-order valence-corrected chi connectivity index (χ4v) is 1.83. The molecule has 0 aromatic carbocycles. The molecule has 0 bridgehead atoms. The summed E-state index contributed by atoms with van der Waals surface area (Å²) in [5.41, 5.74) is 5.65. The van der Waals surface area contributed by atoms with Gasteiger partial charge in [-0.15, -0.1) is 0 Å². The lowest BCUT2D eigenvalue weighted by Crippen LogP contribution is -2.44. The van der Waals surface area contributed by atoms with Gasteiger partial charge in [0.1, 0.15) is 17.5 Å². The molecule has 2 heterocycles. The molecule has 1 aliphatic heterocycles. The molecule has 1 amide bonds. The second-order valence-electron chi connectivity index (χ2n) is 5.65. The monoisotopic (exact) mass is 280 g/mol. The minimum Gasteiger partial charge on any atom is -0.444 e. The number of nitrogens with two attached hydrogens (primary N) is 1. The van der Waals surface area contributed by atoms with Crippen LogP contribution in [-0.4, -0.2) is 46.3 Å². The first kappa shape index (κ1) is 14.5. The van der Waals surface area contributed by atoms with E-state index < -0.39 is 5.60 Å². The maximum atomic E-state index is 12.0. The molecule has 2 rings (SSSR count). The fourth-order valence-electron chi connectivity index (χ4n) is 1.83. The van der Waals surface area contributed by atoms with Gasteiger partial charge < -0.3 is 20.1 Å². The molecule has 1 aliphatic rings. The summed E-state index contributed by atoms with van der Waals surface area (Å²) in [5.74, 6) is 0.355. The highest BCUT2D eigenvalue weighted by Crippen LogP contribution is 2.21. The standard InChI is InChI=1S/C13H20N4O3/c1-13(2,3)20-12(18)17-4-5-19-10(8-17)9-6-16-11(14)7-15-9/h6-7,10H,4-5,8H2,1-3H3,(H2,14,16). The number of morpholine rings is 1. The van der Waals surface area contributed by atoms with E-state index in [-0.39, 0.29) is 12.2 Å². The van der Waals surface area contributed by atoms with Crippen molar-refractivity contribution in [3.8, 4) is 0 Å². The number of hydrogen-bond acceptors (Lipinski definition) is 6. The first-order valence-corrected chi connectivity index (χ1v) is 6.52. The predicted molar refractivity (Wildman–Crippen MR) is 72.9 cm³/mol. The predicted octanol–water partition coefficient (Wildman–Crippen LogP) is 1.37. The van der Waals surface area contributed by atoms with Crippen LogP contribution in [0.5, 0.6) is 0 Å². The Morgan fingerprint density at radius 2 is 2.20 bits per heavy atom. The Kier molecular flexibility index (Phi) is 4.08. The van der Waals surface area contributed by atoms with E-state index in [4.69, 9.17) is 15.2 Å². The highest BCUT2D eigenvalue weighted by atomic mass is 16.6. The van der Waals surface area contributed by atoms with Crippen molar-refractivity contribution in [2.45, 2.75) is 32.5 Å². The van der Waals surface area contributed by atoms with Crippen molar-refractivity contribution in [1.29, 1.82) is 0 Å². The third-order valence-electron chi connectivity index (χ3n) is 2.74. The Labute approximate surface area is 118 Å². The zero-order valence-electron chi connectivity index (χ0n) is 12.0. The Morgan fingerprint density at radius 1 is 1.45 bits per heavy atom. The first-order chi connectivity index (χ1) is 9.35. The Morgan fingerprint density at radius 3 is 2.80 bits per heavy atom. The third-order valence-corrected chi connectivity index (χ3v) is 2.74. The lowest BCUT2D eigenvalue weighted by molar-refractivity contribution is -0.0448. The number of carbonyl (C=O) groups excluding carboxylic acids is 1. The minimum atomic E-state index is -0.508. The highest BCUT2D eigenvalue weighted by molar-refractivity contribution is 5.68. The fraction of sp³-hybridized carbons (Fsp3) is 0.615. The van der Waals surface area contributed by atoms with Gasteiger partial charge in [0.2, 0.25) is 0 Å². The van der Waals surface area contributed by atoms with Crippen LogP contribution in [0.3, 0.4) is 0 Å². The van der Waals surface area contributed by atoms with E-state index in [1.54, 1.807) is 11.1 Å². The van der Waals surface area contributed by atoms with Crippen molar-refractivity contribution in [2.24, 2.45) is 0 Å². The Balaban J connectivity index is 2.01. The van der Waals surface area contributed by atoms with Crippen molar-refractivity contribution in [3.05, 3.63) is 18.1 Å².